The van der Waals surface area contributed by atoms with Gasteiger partial charge >= 0.3 is 17.9 Å². The van der Waals surface area contributed by atoms with Gasteiger partial charge in [0.05, 0.1) is 0 Å². The first-order valence-corrected chi connectivity index (χ1v) is 26.7. The third-order valence-electron chi connectivity index (χ3n) is 11.1. The Bertz CT molecular complexity index is 1310. The standard InChI is InChI=1S/C59H98O6/c1-4-7-10-13-16-19-22-25-28-29-32-34-37-40-43-46-49-52-58(61)64-55-56(65-59(62)53-50-47-44-41-38-35-31-27-24-21-18-15-12-9-6-3)54-63-57(60)51-48-45-42-39-36-33-30-26-23-20-17-14-11-8-5-2/h7,9-10,12,16,18-21,23,25,27-28,31-32,34,56H,4-6,8,11,13-15,17,22,24,26,29-30,33,35-55H2,1-3H3/b10-7-,12-9-,19-16-,21-18-,23-20-,28-25-,31-27-,34-32-/t56-/m0/s1. The zero-order valence-corrected chi connectivity index (χ0v) is 42.2. The number of ether oxygens (including phenoxy) is 3. The SMILES string of the molecule is CC/C=C\C/C=C\C/C=C\C/C=C\CCCCCCC(=O)OC[C@H](COC(=O)CCCCCCCCC/C=C\CCCCCC)OC(=O)CCCCCCC/C=C\C/C=C\C/C=C\CC. The number of rotatable bonds is 47. The second kappa shape index (κ2) is 52.9. The summed E-state index contributed by atoms with van der Waals surface area (Å²) in [6.45, 7) is 6.36. The second-order valence-corrected chi connectivity index (χ2v) is 17.4. The van der Waals surface area contributed by atoms with Crippen molar-refractivity contribution in [3.63, 3.8) is 0 Å². The fourth-order valence-electron chi connectivity index (χ4n) is 7.09. The largest absolute Gasteiger partial charge is 0.462 e. The summed E-state index contributed by atoms with van der Waals surface area (Å²) in [5.74, 6) is -0.943. The molecule has 65 heavy (non-hydrogen) atoms. The lowest BCUT2D eigenvalue weighted by Crippen LogP contribution is -2.30. The maximum Gasteiger partial charge on any atom is 0.306 e. The summed E-state index contributed by atoms with van der Waals surface area (Å²) in [4.78, 5) is 38.1. The molecule has 0 amide bonds. The molecule has 0 aliphatic heterocycles. The number of carbonyl (C=O) groups excluding carboxylic acids is 3. The van der Waals surface area contributed by atoms with Gasteiger partial charge in [-0.1, -0.05) is 201 Å². The highest BCUT2D eigenvalue weighted by Gasteiger charge is 2.19. The molecule has 0 spiro atoms. The fraction of sp³-hybridized carbons (Fsp3) is 0.678. The van der Waals surface area contributed by atoms with Gasteiger partial charge in [-0.2, -0.15) is 0 Å². The molecule has 0 bridgehead atoms. The Morgan fingerprint density at radius 1 is 0.323 bits per heavy atom. The van der Waals surface area contributed by atoms with Crippen LogP contribution >= 0.6 is 0 Å². The number of esters is 3. The molecule has 0 aromatic rings. The Morgan fingerprint density at radius 3 is 0.954 bits per heavy atom. The van der Waals surface area contributed by atoms with Gasteiger partial charge in [-0.25, -0.2) is 0 Å². The minimum atomic E-state index is -0.799. The van der Waals surface area contributed by atoms with Crippen LogP contribution in [-0.4, -0.2) is 37.2 Å². The summed E-state index contributed by atoms with van der Waals surface area (Å²) >= 11 is 0. The van der Waals surface area contributed by atoms with E-state index in [2.05, 4.69) is 118 Å². The molecule has 0 radical (unpaired) electrons. The first-order chi connectivity index (χ1) is 32.0. The summed E-state index contributed by atoms with van der Waals surface area (Å²) in [6.07, 6.45) is 69.6. The zero-order chi connectivity index (χ0) is 47.2. The van der Waals surface area contributed by atoms with Crippen LogP contribution in [0.2, 0.25) is 0 Å². The second-order valence-electron chi connectivity index (χ2n) is 17.4. The molecule has 370 valence electrons. The molecule has 0 heterocycles. The van der Waals surface area contributed by atoms with Crippen molar-refractivity contribution in [2.24, 2.45) is 0 Å². The minimum Gasteiger partial charge on any atom is -0.462 e. The molecule has 0 saturated carbocycles. The van der Waals surface area contributed by atoms with Crippen LogP contribution in [0.4, 0.5) is 0 Å². The Balaban J connectivity index is 4.47. The van der Waals surface area contributed by atoms with Gasteiger partial charge in [0.25, 0.3) is 0 Å². The van der Waals surface area contributed by atoms with E-state index in [-0.39, 0.29) is 31.1 Å². The number of unbranched alkanes of at least 4 members (excludes halogenated alkanes) is 20. The molecule has 0 unspecified atom stereocenters. The van der Waals surface area contributed by atoms with Crippen LogP contribution in [0.25, 0.3) is 0 Å². The molecule has 0 aliphatic rings. The lowest BCUT2D eigenvalue weighted by Gasteiger charge is -2.18. The highest BCUT2D eigenvalue weighted by atomic mass is 16.6. The number of hydrogen-bond donors (Lipinski definition) is 0. The molecular weight excluding hydrogens is 805 g/mol. The van der Waals surface area contributed by atoms with Crippen LogP contribution in [0.3, 0.4) is 0 Å². The van der Waals surface area contributed by atoms with E-state index in [9.17, 15) is 14.4 Å². The van der Waals surface area contributed by atoms with Crippen LogP contribution in [0, 0.1) is 0 Å². The summed E-state index contributed by atoms with van der Waals surface area (Å²) in [5, 5.41) is 0. The topological polar surface area (TPSA) is 78.9 Å². The first-order valence-electron chi connectivity index (χ1n) is 26.7. The smallest absolute Gasteiger partial charge is 0.306 e. The van der Waals surface area contributed by atoms with Crippen molar-refractivity contribution in [2.75, 3.05) is 13.2 Å². The van der Waals surface area contributed by atoms with E-state index in [1.54, 1.807) is 0 Å². The Kier molecular flexibility index (Phi) is 50.0. The van der Waals surface area contributed by atoms with Crippen molar-refractivity contribution in [1.29, 1.82) is 0 Å². The predicted molar refractivity (Wildman–Crippen MR) is 279 cm³/mol. The third kappa shape index (κ3) is 51.2. The van der Waals surface area contributed by atoms with Gasteiger partial charge in [-0.15, -0.1) is 0 Å². The van der Waals surface area contributed by atoms with E-state index in [0.29, 0.717) is 19.3 Å². The molecule has 0 fully saturated rings. The van der Waals surface area contributed by atoms with E-state index in [1.165, 1.54) is 64.2 Å². The molecule has 0 aromatic carbocycles. The molecule has 0 aliphatic carbocycles. The third-order valence-corrected chi connectivity index (χ3v) is 11.1. The van der Waals surface area contributed by atoms with Crippen LogP contribution in [0.15, 0.2) is 97.2 Å². The highest BCUT2D eigenvalue weighted by molar-refractivity contribution is 5.71. The van der Waals surface area contributed by atoms with Crippen molar-refractivity contribution in [1.82, 2.24) is 0 Å². The van der Waals surface area contributed by atoms with Gasteiger partial charge in [-0.3, -0.25) is 14.4 Å². The molecule has 6 heteroatoms. The monoisotopic (exact) mass is 903 g/mol. The van der Waals surface area contributed by atoms with Gasteiger partial charge in [0.1, 0.15) is 13.2 Å². The first kappa shape index (κ1) is 61.3. The van der Waals surface area contributed by atoms with Gasteiger partial charge < -0.3 is 14.2 Å². The molecule has 0 aromatic heterocycles. The van der Waals surface area contributed by atoms with Gasteiger partial charge in [0, 0.05) is 19.3 Å². The number of hydrogen-bond acceptors (Lipinski definition) is 6. The Morgan fingerprint density at radius 2 is 0.600 bits per heavy atom. The van der Waals surface area contributed by atoms with Crippen molar-refractivity contribution < 1.29 is 28.6 Å². The van der Waals surface area contributed by atoms with Gasteiger partial charge in [0.2, 0.25) is 0 Å². The fourth-order valence-corrected chi connectivity index (χ4v) is 7.09. The van der Waals surface area contributed by atoms with E-state index < -0.39 is 6.10 Å². The number of carbonyl (C=O) groups is 3. The van der Waals surface area contributed by atoms with Crippen molar-refractivity contribution in [3.05, 3.63) is 97.2 Å². The van der Waals surface area contributed by atoms with Crippen molar-refractivity contribution >= 4 is 17.9 Å². The van der Waals surface area contributed by atoms with Crippen LogP contribution < -0.4 is 0 Å². The highest BCUT2D eigenvalue weighted by Crippen LogP contribution is 2.14. The van der Waals surface area contributed by atoms with E-state index >= 15 is 0 Å². The van der Waals surface area contributed by atoms with Crippen LogP contribution in [0.5, 0.6) is 0 Å². The van der Waals surface area contributed by atoms with Crippen LogP contribution in [-0.2, 0) is 28.6 Å². The summed E-state index contributed by atoms with van der Waals surface area (Å²) < 4.78 is 16.8. The Labute approximate surface area is 400 Å². The predicted octanol–water partition coefficient (Wildman–Crippen LogP) is 17.8. The quantitative estimate of drug-likeness (QED) is 0.0262. The average Bonchev–Trinajstić information content (AvgIpc) is 3.30. The molecule has 1 atom stereocenters. The van der Waals surface area contributed by atoms with E-state index in [0.717, 1.165) is 135 Å². The van der Waals surface area contributed by atoms with E-state index in [1.807, 2.05) is 0 Å². The summed E-state index contributed by atoms with van der Waals surface area (Å²) in [6, 6.07) is 0. The molecule has 0 rings (SSSR count). The maximum absolute atomic E-state index is 12.8. The van der Waals surface area contributed by atoms with Crippen LogP contribution in [0.1, 0.15) is 239 Å². The summed E-state index contributed by atoms with van der Waals surface area (Å²) in [7, 11) is 0. The van der Waals surface area contributed by atoms with Gasteiger partial charge in [-0.05, 0) is 116 Å². The minimum absolute atomic E-state index is 0.0957. The molecule has 6 nitrogen and oxygen atoms in total. The van der Waals surface area contributed by atoms with Crippen molar-refractivity contribution in [2.45, 2.75) is 245 Å². The molecular formula is C59H98O6. The average molecular weight is 903 g/mol. The van der Waals surface area contributed by atoms with Crippen molar-refractivity contribution in [3.8, 4) is 0 Å². The lowest BCUT2D eigenvalue weighted by molar-refractivity contribution is -0.167. The normalized spacial score (nSPS) is 12.8. The maximum atomic E-state index is 12.8. The number of allylic oxidation sites excluding steroid dienone is 16. The lowest BCUT2D eigenvalue weighted by atomic mass is 10.1. The van der Waals surface area contributed by atoms with Gasteiger partial charge in [0.15, 0.2) is 6.10 Å². The molecule has 0 saturated heterocycles. The zero-order valence-electron chi connectivity index (χ0n) is 42.2. The van der Waals surface area contributed by atoms with E-state index in [4.69, 9.17) is 14.2 Å². The Hall–Kier alpha value is -3.67. The summed E-state index contributed by atoms with van der Waals surface area (Å²) in [5.41, 5.74) is 0. The molecule has 0 N–H and O–H groups in total.